The number of carbonyl (C=O) groups is 2. The first-order chi connectivity index (χ1) is 14.2. The molecular formula is C24H31ClN2O3. The molecule has 5 nitrogen and oxygen atoms in total. The molecule has 1 N–H and O–H groups in total. The van der Waals surface area contributed by atoms with E-state index in [0.717, 1.165) is 16.7 Å². The highest BCUT2D eigenvalue weighted by Gasteiger charge is 2.29. The lowest BCUT2D eigenvalue weighted by atomic mass is 10.1. The van der Waals surface area contributed by atoms with Gasteiger partial charge < -0.3 is 15.0 Å². The molecule has 0 aromatic heterocycles. The molecule has 2 amide bonds. The first-order valence-electron chi connectivity index (χ1n) is 10.2. The highest BCUT2D eigenvalue weighted by molar-refractivity contribution is 6.30. The van der Waals surface area contributed by atoms with Crippen LogP contribution in [0.4, 0.5) is 0 Å². The van der Waals surface area contributed by atoms with Crippen molar-refractivity contribution in [2.75, 3.05) is 6.61 Å². The summed E-state index contributed by atoms with van der Waals surface area (Å²) in [5.74, 6) is 0.239. The number of amides is 2. The molecular weight excluding hydrogens is 400 g/mol. The molecule has 0 radical (unpaired) electrons. The number of nitrogens with zero attached hydrogens (tertiary/aromatic N) is 1. The van der Waals surface area contributed by atoms with Crippen LogP contribution < -0.4 is 10.1 Å². The lowest BCUT2D eigenvalue weighted by Gasteiger charge is -2.31. The van der Waals surface area contributed by atoms with Crippen molar-refractivity contribution in [3.05, 3.63) is 64.2 Å². The second-order valence-corrected chi connectivity index (χ2v) is 8.28. The zero-order valence-corrected chi connectivity index (χ0v) is 19.1. The molecule has 0 spiro atoms. The molecule has 0 saturated carbocycles. The van der Waals surface area contributed by atoms with E-state index in [1.807, 2.05) is 65.0 Å². The molecule has 0 fully saturated rings. The van der Waals surface area contributed by atoms with Gasteiger partial charge in [0.15, 0.2) is 6.61 Å². The van der Waals surface area contributed by atoms with Crippen molar-refractivity contribution in [3.8, 4) is 5.75 Å². The van der Waals surface area contributed by atoms with Crippen LogP contribution >= 0.6 is 11.6 Å². The molecule has 30 heavy (non-hydrogen) atoms. The van der Waals surface area contributed by atoms with Crippen LogP contribution in [0.15, 0.2) is 42.5 Å². The number of hydrogen-bond donors (Lipinski definition) is 1. The SMILES string of the molecule is CC[C@H](C(=O)NC(C)C)N(Cc1ccc(Cl)cc1)C(=O)COc1cc(C)cc(C)c1. The molecule has 2 aromatic rings. The number of benzene rings is 2. The second kappa shape index (κ2) is 11.0. The maximum absolute atomic E-state index is 13.1. The van der Waals surface area contributed by atoms with Crippen LogP contribution in [0.3, 0.4) is 0 Å². The number of aryl methyl sites for hydroxylation is 2. The number of ether oxygens (including phenoxy) is 1. The average molecular weight is 431 g/mol. The smallest absolute Gasteiger partial charge is 0.261 e. The Hall–Kier alpha value is -2.53. The van der Waals surface area contributed by atoms with E-state index >= 15 is 0 Å². The maximum atomic E-state index is 13.1. The van der Waals surface area contributed by atoms with Crippen molar-refractivity contribution in [3.63, 3.8) is 0 Å². The van der Waals surface area contributed by atoms with Gasteiger partial charge >= 0.3 is 0 Å². The van der Waals surface area contributed by atoms with Gasteiger partial charge in [-0.15, -0.1) is 0 Å². The third-order valence-electron chi connectivity index (χ3n) is 4.64. The van der Waals surface area contributed by atoms with E-state index in [4.69, 9.17) is 16.3 Å². The highest BCUT2D eigenvalue weighted by atomic mass is 35.5. The average Bonchev–Trinajstić information content (AvgIpc) is 2.66. The summed E-state index contributed by atoms with van der Waals surface area (Å²) in [5.41, 5.74) is 3.03. The highest BCUT2D eigenvalue weighted by Crippen LogP contribution is 2.18. The molecule has 2 aromatic carbocycles. The van der Waals surface area contributed by atoms with Crippen LogP contribution in [0.5, 0.6) is 5.75 Å². The Labute approximate surface area is 184 Å². The van der Waals surface area contributed by atoms with Gasteiger partial charge in [-0.1, -0.05) is 36.7 Å². The molecule has 0 aliphatic carbocycles. The minimum atomic E-state index is -0.585. The van der Waals surface area contributed by atoms with Crippen molar-refractivity contribution in [2.24, 2.45) is 0 Å². The van der Waals surface area contributed by atoms with Crippen LogP contribution in [-0.4, -0.2) is 35.4 Å². The van der Waals surface area contributed by atoms with Gasteiger partial charge in [0.1, 0.15) is 11.8 Å². The summed E-state index contributed by atoms with van der Waals surface area (Å²) in [4.78, 5) is 27.5. The van der Waals surface area contributed by atoms with Gasteiger partial charge in [-0.05, 0) is 75.1 Å². The third kappa shape index (κ3) is 7.06. The van der Waals surface area contributed by atoms with Crippen molar-refractivity contribution >= 4 is 23.4 Å². The fraction of sp³-hybridized carbons (Fsp3) is 0.417. The van der Waals surface area contributed by atoms with E-state index in [0.29, 0.717) is 23.7 Å². The zero-order chi connectivity index (χ0) is 22.3. The Morgan fingerprint density at radius 1 is 1.07 bits per heavy atom. The molecule has 0 unspecified atom stereocenters. The fourth-order valence-electron chi connectivity index (χ4n) is 3.33. The summed E-state index contributed by atoms with van der Waals surface area (Å²) >= 11 is 5.99. The van der Waals surface area contributed by atoms with E-state index in [2.05, 4.69) is 5.32 Å². The van der Waals surface area contributed by atoms with Gasteiger partial charge in [-0.3, -0.25) is 9.59 Å². The van der Waals surface area contributed by atoms with Crippen molar-refractivity contribution in [1.82, 2.24) is 10.2 Å². The number of nitrogens with one attached hydrogen (secondary N) is 1. The van der Waals surface area contributed by atoms with Crippen LogP contribution in [0, 0.1) is 13.8 Å². The molecule has 6 heteroatoms. The monoisotopic (exact) mass is 430 g/mol. The minimum absolute atomic E-state index is 0.00875. The molecule has 0 aliphatic rings. The number of hydrogen-bond acceptors (Lipinski definition) is 3. The van der Waals surface area contributed by atoms with E-state index in [-0.39, 0.29) is 24.5 Å². The first kappa shape index (κ1) is 23.7. The second-order valence-electron chi connectivity index (χ2n) is 7.85. The quantitative estimate of drug-likeness (QED) is 0.629. The summed E-state index contributed by atoms with van der Waals surface area (Å²) in [7, 11) is 0. The summed E-state index contributed by atoms with van der Waals surface area (Å²) in [5, 5.41) is 3.54. The molecule has 0 bridgehead atoms. The topological polar surface area (TPSA) is 58.6 Å². The van der Waals surface area contributed by atoms with Gasteiger partial charge in [0, 0.05) is 17.6 Å². The molecule has 0 heterocycles. The standard InChI is InChI=1S/C24H31ClN2O3/c1-6-22(24(29)26-16(2)3)27(14-19-7-9-20(25)10-8-19)23(28)15-30-21-12-17(4)11-18(5)13-21/h7-13,16,22H,6,14-15H2,1-5H3,(H,26,29)/t22-/m1/s1. The predicted molar refractivity (Wildman–Crippen MR) is 121 cm³/mol. The van der Waals surface area contributed by atoms with Gasteiger partial charge in [0.25, 0.3) is 5.91 Å². The van der Waals surface area contributed by atoms with Crippen molar-refractivity contribution in [1.29, 1.82) is 0 Å². The normalized spacial score (nSPS) is 11.8. The van der Waals surface area contributed by atoms with Crippen LogP contribution in [0.1, 0.15) is 43.9 Å². The minimum Gasteiger partial charge on any atom is -0.484 e. The Kier molecular flexibility index (Phi) is 8.72. The number of rotatable bonds is 9. The summed E-state index contributed by atoms with van der Waals surface area (Å²) in [6.45, 7) is 9.84. The number of halogens is 1. The Bertz CT molecular complexity index is 845. The lowest BCUT2D eigenvalue weighted by Crippen LogP contribution is -2.51. The van der Waals surface area contributed by atoms with Gasteiger partial charge in [0.05, 0.1) is 0 Å². The van der Waals surface area contributed by atoms with E-state index in [1.54, 1.807) is 17.0 Å². The maximum Gasteiger partial charge on any atom is 0.261 e. The number of carbonyl (C=O) groups excluding carboxylic acids is 2. The fourth-order valence-corrected chi connectivity index (χ4v) is 3.46. The van der Waals surface area contributed by atoms with E-state index in [1.165, 1.54) is 0 Å². The molecule has 0 aliphatic heterocycles. The zero-order valence-electron chi connectivity index (χ0n) is 18.4. The Balaban J connectivity index is 2.22. The largest absolute Gasteiger partial charge is 0.484 e. The van der Waals surface area contributed by atoms with Crippen molar-refractivity contribution in [2.45, 2.75) is 59.7 Å². The van der Waals surface area contributed by atoms with Gasteiger partial charge in [0.2, 0.25) is 5.91 Å². The van der Waals surface area contributed by atoms with Crippen LogP contribution in [-0.2, 0) is 16.1 Å². The Morgan fingerprint density at radius 3 is 2.20 bits per heavy atom. The van der Waals surface area contributed by atoms with E-state index < -0.39 is 6.04 Å². The Morgan fingerprint density at radius 2 is 1.67 bits per heavy atom. The van der Waals surface area contributed by atoms with Crippen molar-refractivity contribution < 1.29 is 14.3 Å². The summed E-state index contributed by atoms with van der Waals surface area (Å²) in [6.07, 6.45) is 0.501. The molecule has 0 saturated heterocycles. The summed E-state index contributed by atoms with van der Waals surface area (Å²) in [6, 6.07) is 12.5. The molecule has 2 rings (SSSR count). The van der Waals surface area contributed by atoms with E-state index in [9.17, 15) is 9.59 Å². The van der Waals surface area contributed by atoms with Gasteiger partial charge in [-0.25, -0.2) is 0 Å². The van der Waals surface area contributed by atoms with Crippen LogP contribution in [0.2, 0.25) is 5.02 Å². The first-order valence-corrected chi connectivity index (χ1v) is 10.6. The predicted octanol–water partition coefficient (Wildman–Crippen LogP) is 4.67. The molecule has 162 valence electrons. The lowest BCUT2D eigenvalue weighted by molar-refractivity contribution is -0.143. The van der Waals surface area contributed by atoms with Crippen LogP contribution in [0.25, 0.3) is 0 Å². The van der Waals surface area contributed by atoms with Gasteiger partial charge in [-0.2, -0.15) is 0 Å². The summed E-state index contributed by atoms with van der Waals surface area (Å²) < 4.78 is 5.78. The molecule has 1 atom stereocenters. The third-order valence-corrected chi connectivity index (χ3v) is 4.89.